The number of aryl methyl sites for hydroxylation is 1. The molecule has 0 amide bonds. The quantitative estimate of drug-likeness (QED) is 0.511. The van der Waals surface area contributed by atoms with Gasteiger partial charge in [0.1, 0.15) is 0 Å². The van der Waals surface area contributed by atoms with Crippen molar-refractivity contribution in [3.8, 4) is 0 Å². The van der Waals surface area contributed by atoms with Gasteiger partial charge in [-0.2, -0.15) is 0 Å². The number of hydrogen-bond acceptors (Lipinski definition) is 1. The molecule has 1 aliphatic carbocycles. The number of hydrogen-bond donors (Lipinski definition) is 0. The molecule has 0 aromatic heterocycles. The summed E-state index contributed by atoms with van der Waals surface area (Å²) >= 11 is 0. The highest BCUT2D eigenvalue weighted by Crippen LogP contribution is 2.47. The van der Waals surface area contributed by atoms with Gasteiger partial charge in [0.15, 0.2) is 0 Å². The van der Waals surface area contributed by atoms with E-state index in [0.717, 1.165) is 6.04 Å². The van der Waals surface area contributed by atoms with Gasteiger partial charge < -0.3 is 4.90 Å². The Kier molecular flexibility index (Phi) is 6.38. The molecule has 2 aliphatic rings. The predicted octanol–water partition coefficient (Wildman–Crippen LogP) is 6.24. The van der Waals surface area contributed by atoms with Crippen molar-refractivity contribution in [3.63, 3.8) is 0 Å². The number of nitrogens with zero attached hydrogens (tertiary/aromatic N) is 1. The van der Waals surface area contributed by atoms with Crippen LogP contribution in [-0.4, -0.2) is 24.0 Å². The van der Waals surface area contributed by atoms with Crippen molar-refractivity contribution in [1.29, 1.82) is 0 Å². The van der Waals surface area contributed by atoms with Gasteiger partial charge in [-0.15, -0.1) is 0 Å². The smallest absolute Gasteiger partial charge is 0.0104 e. The number of unbranched alkanes of at least 4 members (excludes halogenated alkanes) is 5. The Morgan fingerprint density at radius 1 is 1.08 bits per heavy atom. The molecule has 1 aromatic carbocycles. The maximum Gasteiger partial charge on any atom is 0.0104 e. The van der Waals surface area contributed by atoms with E-state index in [-0.39, 0.29) is 0 Å². The zero-order chi connectivity index (χ0) is 16.8. The number of likely N-dealkylation sites (tertiary alicyclic amines) is 1. The molecule has 1 aliphatic heterocycles. The second-order valence-electron chi connectivity index (χ2n) is 8.45. The highest BCUT2D eigenvalue weighted by atomic mass is 15.2. The summed E-state index contributed by atoms with van der Waals surface area (Å²) in [6.45, 7) is 7.22. The van der Waals surface area contributed by atoms with Gasteiger partial charge in [-0.1, -0.05) is 75.3 Å². The lowest BCUT2D eigenvalue weighted by Crippen LogP contribution is -2.51. The summed E-state index contributed by atoms with van der Waals surface area (Å²) < 4.78 is 0. The second-order valence-corrected chi connectivity index (χ2v) is 8.45. The third kappa shape index (κ3) is 4.23. The summed E-state index contributed by atoms with van der Waals surface area (Å²) in [5.74, 6) is 0. The lowest BCUT2D eigenvalue weighted by Gasteiger charge is -2.51. The fraction of sp³-hybridized carbons (Fsp3) is 0.739. The maximum atomic E-state index is 2.84. The summed E-state index contributed by atoms with van der Waals surface area (Å²) in [5, 5.41) is 0. The molecular weight excluding hydrogens is 290 g/mol. The first-order valence-electron chi connectivity index (χ1n) is 10.5. The molecule has 1 aromatic rings. The lowest BCUT2D eigenvalue weighted by atomic mass is 9.63. The molecule has 3 rings (SSSR count). The van der Waals surface area contributed by atoms with E-state index in [9.17, 15) is 0 Å². The van der Waals surface area contributed by atoms with Crippen LogP contribution in [0.1, 0.15) is 88.7 Å². The minimum atomic E-state index is 0.493. The van der Waals surface area contributed by atoms with E-state index in [1.165, 1.54) is 89.3 Å². The number of benzene rings is 1. The Bertz CT molecular complexity index is 509. The third-order valence-corrected chi connectivity index (χ3v) is 6.64. The molecule has 0 spiro atoms. The monoisotopic (exact) mass is 327 g/mol. The first-order valence-corrected chi connectivity index (χ1v) is 10.5. The fourth-order valence-electron chi connectivity index (χ4n) is 5.18. The Morgan fingerprint density at radius 2 is 1.92 bits per heavy atom. The molecule has 1 saturated heterocycles. The first kappa shape index (κ1) is 18.0. The highest BCUT2D eigenvalue weighted by molar-refractivity contribution is 5.31. The molecule has 1 heteroatoms. The van der Waals surface area contributed by atoms with Crippen molar-refractivity contribution in [2.45, 2.75) is 95.9 Å². The molecule has 2 bridgehead atoms. The summed E-state index contributed by atoms with van der Waals surface area (Å²) in [6.07, 6.45) is 15.6. The summed E-state index contributed by atoms with van der Waals surface area (Å²) in [7, 11) is 0. The lowest BCUT2D eigenvalue weighted by molar-refractivity contribution is 0.0503. The topological polar surface area (TPSA) is 3.24 Å². The van der Waals surface area contributed by atoms with Crippen LogP contribution in [0.25, 0.3) is 0 Å². The average Bonchev–Trinajstić information content (AvgIpc) is 2.60. The summed E-state index contributed by atoms with van der Waals surface area (Å²) in [6, 6.07) is 10.2. The minimum absolute atomic E-state index is 0.493. The molecule has 2 atom stereocenters. The van der Waals surface area contributed by atoms with E-state index < -0.39 is 0 Å². The first-order chi connectivity index (χ1) is 11.7. The van der Waals surface area contributed by atoms with Crippen LogP contribution in [-0.2, 0) is 5.41 Å². The van der Waals surface area contributed by atoms with Crippen LogP contribution in [0.15, 0.2) is 24.3 Å². The van der Waals surface area contributed by atoms with Gasteiger partial charge in [0.2, 0.25) is 0 Å². The normalized spacial score (nSPS) is 27.3. The van der Waals surface area contributed by atoms with Crippen LogP contribution in [0.3, 0.4) is 0 Å². The number of piperidine rings is 1. The number of rotatable bonds is 8. The fourth-order valence-corrected chi connectivity index (χ4v) is 5.18. The van der Waals surface area contributed by atoms with E-state index in [2.05, 4.69) is 43.0 Å². The Hall–Kier alpha value is -0.820. The van der Waals surface area contributed by atoms with Crippen molar-refractivity contribution in [2.75, 3.05) is 13.1 Å². The molecule has 2 unspecified atom stereocenters. The van der Waals surface area contributed by atoms with E-state index >= 15 is 0 Å². The van der Waals surface area contributed by atoms with Gasteiger partial charge in [0.05, 0.1) is 0 Å². The molecule has 24 heavy (non-hydrogen) atoms. The third-order valence-electron chi connectivity index (χ3n) is 6.64. The van der Waals surface area contributed by atoms with Gasteiger partial charge in [0, 0.05) is 6.04 Å². The van der Waals surface area contributed by atoms with Crippen molar-refractivity contribution in [3.05, 3.63) is 35.4 Å². The van der Waals surface area contributed by atoms with Crippen molar-refractivity contribution in [1.82, 2.24) is 4.90 Å². The van der Waals surface area contributed by atoms with Gasteiger partial charge in [0.25, 0.3) is 0 Å². The predicted molar refractivity (Wildman–Crippen MR) is 105 cm³/mol. The van der Waals surface area contributed by atoms with Gasteiger partial charge in [-0.05, 0) is 63.1 Å². The minimum Gasteiger partial charge on any atom is -0.300 e. The van der Waals surface area contributed by atoms with Crippen molar-refractivity contribution >= 4 is 0 Å². The van der Waals surface area contributed by atoms with Crippen LogP contribution in [0, 0.1) is 6.92 Å². The standard InChI is InChI=1S/C23H37N/c1-3-4-5-6-7-8-16-24-17-15-23(14-10-13-22(24)19-23)21-12-9-11-20(2)18-21/h9,11-12,18,22H,3-8,10,13-17,19H2,1-2H3. The van der Waals surface area contributed by atoms with Crippen LogP contribution in [0.5, 0.6) is 0 Å². The van der Waals surface area contributed by atoms with Crippen LogP contribution in [0.2, 0.25) is 0 Å². The molecule has 1 heterocycles. The average molecular weight is 328 g/mol. The van der Waals surface area contributed by atoms with E-state index in [4.69, 9.17) is 0 Å². The van der Waals surface area contributed by atoms with E-state index in [1.807, 2.05) is 0 Å². The van der Waals surface area contributed by atoms with Crippen molar-refractivity contribution in [2.24, 2.45) is 0 Å². The molecule has 134 valence electrons. The summed E-state index contributed by atoms with van der Waals surface area (Å²) in [4.78, 5) is 2.84. The molecule has 1 saturated carbocycles. The zero-order valence-electron chi connectivity index (χ0n) is 16.0. The zero-order valence-corrected chi connectivity index (χ0v) is 16.0. The van der Waals surface area contributed by atoms with E-state index in [0.29, 0.717) is 5.41 Å². The number of fused-ring (bicyclic) bond motifs is 2. The van der Waals surface area contributed by atoms with Crippen LogP contribution < -0.4 is 0 Å². The molecule has 1 nitrogen and oxygen atoms in total. The summed E-state index contributed by atoms with van der Waals surface area (Å²) in [5.41, 5.74) is 3.55. The second kappa shape index (κ2) is 8.52. The molecular formula is C23H37N. The Morgan fingerprint density at radius 3 is 2.75 bits per heavy atom. The SMILES string of the molecule is CCCCCCCCN1CCC2(c3cccc(C)c3)CCCC1C2. The van der Waals surface area contributed by atoms with Crippen LogP contribution >= 0.6 is 0 Å². The molecule has 0 N–H and O–H groups in total. The van der Waals surface area contributed by atoms with E-state index in [1.54, 1.807) is 5.56 Å². The van der Waals surface area contributed by atoms with Crippen molar-refractivity contribution < 1.29 is 0 Å². The largest absolute Gasteiger partial charge is 0.300 e. The van der Waals surface area contributed by atoms with Gasteiger partial charge >= 0.3 is 0 Å². The Balaban J connectivity index is 1.53. The molecule has 0 radical (unpaired) electrons. The van der Waals surface area contributed by atoms with Gasteiger partial charge in [-0.25, -0.2) is 0 Å². The maximum absolute atomic E-state index is 2.84. The molecule has 2 fully saturated rings. The van der Waals surface area contributed by atoms with Crippen LogP contribution in [0.4, 0.5) is 0 Å². The highest BCUT2D eigenvalue weighted by Gasteiger charge is 2.43. The Labute approximate surface area is 149 Å². The van der Waals surface area contributed by atoms with Gasteiger partial charge in [-0.3, -0.25) is 0 Å².